The molecule has 0 radical (unpaired) electrons. The molecule has 1 saturated heterocycles. The number of nitrogens with zero attached hydrogens (tertiary/aromatic N) is 1. The number of likely N-dealkylation sites (tertiary alicyclic amines) is 1. The molecular weight excluding hydrogens is 434 g/mol. The number of hydrogen-bond donors (Lipinski definition) is 2. The molecule has 6 nitrogen and oxygen atoms in total. The number of anilines is 1. The van der Waals surface area contributed by atoms with Crippen molar-refractivity contribution in [3.05, 3.63) is 75.1 Å². The van der Waals surface area contributed by atoms with Gasteiger partial charge in [-0.15, -0.1) is 0 Å². The van der Waals surface area contributed by atoms with Crippen LogP contribution < -0.4 is 10.9 Å². The summed E-state index contributed by atoms with van der Waals surface area (Å²) in [6.45, 7) is 1.90. The normalized spacial score (nSPS) is 14.9. The Bertz CT molecular complexity index is 1060. The summed E-state index contributed by atoms with van der Waals surface area (Å²) < 4.78 is 7.06. The number of piperidine rings is 1. The molecule has 2 amide bonds. The van der Waals surface area contributed by atoms with E-state index >= 15 is 0 Å². The van der Waals surface area contributed by atoms with E-state index in [0.717, 1.165) is 28.3 Å². The minimum absolute atomic E-state index is 0.124. The number of amides is 2. The molecule has 0 aliphatic carbocycles. The van der Waals surface area contributed by atoms with E-state index in [0.29, 0.717) is 30.8 Å². The van der Waals surface area contributed by atoms with Crippen molar-refractivity contribution in [2.24, 2.45) is 0 Å². The Balaban J connectivity index is 1.28. The molecule has 3 aromatic rings. The van der Waals surface area contributed by atoms with Gasteiger partial charge in [-0.25, -0.2) is 4.79 Å². The molecule has 0 saturated carbocycles. The van der Waals surface area contributed by atoms with Gasteiger partial charge in [-0.2, -0.15) is 0 Å². The van der Waals surface area contributed by atoms with E-state index in [1.54, 1.807) is 18.3 Å². The highest BCUT2D eigenvalue weighted by molar-refractivity contribution is 9.10. The van der Waals surface area contributed by atoms with Gasteiger partial charge >= 0.3 is 6.03 Å². The maximum Gasteiger partial charge on any atom is 0.321 e. The van der Waals surface area contributed by atoms with Crippen molar-refractivity contribution in [2.45, 2.75) is 25.6 Å². The van der Waals surface area contributed by atoms with Crippen molar-refractivity contribution < 1.29 is 9.53 Å². The molecule has 29 heavy (non-hydrogen) atoms. The number of carbonyl (C=O) groups is 1. The van der Waals surface area contributed by atoms with Gasteiger partial charge in [0.25, 0.3) is 5.56 Å². The van der Waals surface area contributed by atoms with Crippen LogP contribution in [0.2, 0.25) is 0 Å². The zero-order valence-electron chi connectivity index (χ0n) is 15.9. The van der Waals surface area contributed by atoms with Crippen LogP contribution >= 0.6 is 15.9 Å². The molecule has 0 spiro atoms. The average molecular weight is 456 g/mol. The summed E-state index contributed by atoms with van der Waals surface area (Å²) >= 11 is 3.43. The Morgan fingerprint density at radius 2 is 1.90 bits per heavy atom. The van der Waals surface area contributed by atoms with E-state index in [4.69, 9.17) is 4.74 Å². The van der Waals surface area contributed by atoms with Gasteiger partial charge in [-0.3, -0.25) is 4.79 Å². The number of urea groups is 1. The molecule has 1 aliphatic heterocycles. The number of H-pyrrole nitrogens is 1. The molecule has 1 aliphatic rings. The first-order valence-corrected chi connectivity index (χ1v) is 10.4. The van der Waals surface area contributed by atoms with Gasteiger partial charge in [0.15, 0.2) is 0 Å². The van der Waals surface area contributed by atoms with Gasteiger partial charge in [0.05, 0.1) is 12.7 Å². The maximum atomic E-state index is 12.6. The molecular formula is C22H22BrN3O3. The number of aromatic nitrogens is 1. The van der Waals surface area contributed by atoms with Crippen LogP contribution in [-0.2, 0) is 11.3 Å². The Morgan fingerprint density at radius 3 is 2.66 bits per heavy atom. The molecule has 2 aromatic carbocycles. The highest BCUT2D eigenvalue weighted by atomic mass is 79.9. The molecule has 150 valence electrons. The summed E-state index contributed by atoms with van der Waals surface area (Å²) in [5.74, 6) is 0. The summed E-state index contributed by atoms with van der Waals surface area (Å²) in [4.78, 5) is 28.8. The first-order valence-electron chi connectivity index (χ1n) is 9.62. The SMILES string of the molecule is O=C(Nc1ccc2c(=O)[nH]ccc2c1)N1CCC(OCc2ccc(Br)cc2)CC1. The minimum Gasteiger partial charge on any atom is -0.373 e. The number of aromatic amines is 1. The fraction of sp³-hybridized carbons (Fsp3) is 0.273. The summed E-state index contributed by atoms with van der Waals surface area (Å²) in [6, 6.07) is 15.1. The van der Waals surface area contributed by atoms with Crippen molar-refractivity contribution in [2.75, 3.05) is 18.4 Å². The third-order valence-corrected chi connectivity index (χ3v) is 5.68. The Hall–Kier alpha value is -2.64. The number of pyridine rings is 1. The molecule has 0 bridgehead atoms. The average Bonchev–Trinajstić information content (AvgIpc) is 2.74. The number of benzene rings is 2. The van der Waals surface area contributed by atoms with Crippen molar-refractivity contribution in [1.82, 2.24) is 9.88 Å². The van der Waals surface area contributed by atoms with E-state index in [1.165, 1.54) is 0 Å². The lowest BCUT2D eigenvalue weighted by Gasteiger charge is -2.32. The van der Waals surface area contributed by atoms with Crippen molar-refractivity contribution in [1.29, 1.82) is 0 Å². The minimum atomic E-state index is -0.134. The maximum absolute atomic E-state index is 12.6. The molecule has 4 rings (SSSR count). The molecule has 0 atom stereocenters. The van der Waals surface area contributed by atoms with E-state index in [2.05, 4.69) is 26.2 Å². The van der Waals surface area contributed by atoms with Gasteiger partial charge in [-0.1, -0.05) is 28.1 Å². The molecule has 7 heteroatoms. The fourth-order valence-electron chi connectivity index (χ4n) is 3.49. The zero-order chi connectivity index (χ0) is 20.2. The van der Waals surface area contributed by atoms with Crippen molar-refractivity contribution >= 4 is 38.4 Å². The van der Waals surface area contributed by atoms with Crippen LogP contribution in [0.15, 0.2) is 64.0 Å². The number of fused-ring (bicyclic) bond motifs is 1. The highest BCUT2D eigenvalue weighted by Crippen LogP contribution is 2.20. The van der Waals surface area contributed by atoms with Crippen LogP contribution in [0.1, 0.15) is 18.4 Å². The largest absolute Gasteiger partial charge is 0.373 e. The van der Waals surface area contributed by atoms with Crippen LogP contribution in [0.5, 0.6) is 0 Å². The van der Waals surface area contributed by atoms with Gasteiger partial charge < -0.3 is 19.9 Å². The number of halogens is 1. The van der Waals surface area contributed by atoms with Gasteiger partial charge in [0.2, 0.25) is 0 Å². The van der Waals surface area contributed by atoms with Crippen LogP contribution in [-0.4, -0.2) is 35.1 Å². The monoisotopic (exact) mass is 455 g/mol. The van der Waals surface area contributed by atoms with Gasteiger partial charge in [0, 0.05) is 34.8 Å². The van der Waals surface area contributed by atoms with Crippen LogP contribution in [0.4, 0.5) is 10.5 Å². The lowest BCUT2D eigenvalue weighted by atomic mass is 10.1. The summed E-state index contributed by atoms with van der Waals surface area (Å²) in [5.41, 5.74) is 1.69. The predicted molar refractivity (Wildman–Crippen MR) is 117 cm³/mol. The number of rotatable bonds is 4. The molecule has 2 N–H and O–H groups in total. The second-order valence-corrected chi connectivity index (χ2v) is 8.08. The third kappa shape index (κ3) is 4.86. The third-order valence-electron chi connectivity index (χ3n) is 5.15. The topological polar surface area (TPSA) is 74.4 Å². The quantitative estimate of drug-likeness (QED) is 0.607. The lowest BCUT2D eigenvalue weighted by molar-refractivity contribution is 0.00540. The fourth-order valence-corrected chi connectivity index (χ4v) is 3.76. The van der Waals surface area contributed by atoms with Crippen LogP contribution in [0, 0.1) is 0 Å². The zero-order valence-corrected chi connectivity index (χ0v) is 17.4. The van der Waals surface area contributed by atoms with E-state index < -0.39 is 0 Å². The predicted octanol–water partition coefficient (Wildman–Crippen LogP) is 4.50. The van der Waals surface area contributed by atoms with Crippen molar-refractivity contribution in [3.8, 4) is 0 Å². The van der Waals surface area contributed by atoms with Crippen LogP contribution in [0.25, 0.3) is 10.8 Å². The van der Waals surface area contributed by atoms with E-state index in [-0.39, 0.29) is 17.7 Å². The second kappa shape index (κ2) is 8.80. The molecule has 1 aromatic heterocycles. The van der Waals surface area contributed by atoms with Gasteiger partial charge in [0.1, 0.15) is 0 Å². The molecule has 1 fully saturated rings. The smallest absolute Gasteiger partial charge is 0.321 e. The summed E-state index contributed by atoms with van der Waals surface area (Å²) in [7, 11) is 0. The number of carbonyl (C=O) groups excluding carboxylic acids is 1. The van der Waals surface area contributed by atoms with Gasteiger partial charge in [-0.05, 0) is 60.2 Å². The number of ether oxygens (including phenoxy) is 1. The number of nitrogens with one attached hydrogen (secondary N) is 2. The van der Waals surface area contributed by atoms with E-state index in [1.807, 2.05) is 41.3 Å². The van der Waals surface area contributed by atoms with Crippen LogP contribution in [0.3, 0.4) is 0 Å². The standard InChI is InChI=1S/C22H22BrN3O3/c23-17-3-1-15(2-4-17)14-29-19-8-11-26(12-9-19)22(28)25-18-5-6-20-16(13-18)7-10-24-21(20)27/h1-7,10,13,19H,8-9,11-12,14H2,(H,24,27)(H,25,28). The Morgan fingerprint density at radius 1 is 1.14 bits per heavy atom. The first kappa shape index (κ1) is 19.7. The first-order chi connectivity index (χ1) is 14.1. The second-order valence-electron chi connectivity index (χ2n) is 7.16. The summed E-state index contributed by atoms with van der Waals surface area (Å²) in [5, 5.41) is 4.33. The highest BCUT2D eigenvalue weighted by Gasteiger charge is 2.23. The van der Waals surface area contributed by atoms with E-state index in [9.17, 15) is 9.59 Å². The molecule has 0 unspecified atom stereocenters. The lowest BCUT2D eigenvalue weighted by Crippen LogP contribution is -2.43. The molecule has 2 heterocycles. The number of hydrogen-bond acceptors (Lipinski definition) is 3. The Labute approximate surface area is 177 Å². The van der Waals surface area contributed by atoms with Crippen molar-refractivity contribution in [3.63, 3.8) is 0 Å². The Kier molecular flexibility index (Phi) is 5.97. The summed E-state index contributed by atoms with van der Waals surface area (Å²) in [6.07, 6.45) is 3.40.